The minimum Gasteiger partial charge on any atom is -0.394 e. The van der Waals surface area contributed by atoms with Gasteiger partial charge in [0.2, 0.25) is 0 Å². The summed E-state index contributed by atoms with van der Waals surface area (Å²) in [5.41, 5.74) is 1.26. The Balaban J connectivity index is 2.63. The van der Waals surface area contributed by atoms with E-state index >= 15 is 0 Å². The average Bonchev–Trinajstić information content (AvgIpc) is 2.60. The van der Waals surface area contributed by atoms with E-state index in [4.69, 9.17) is 5.11 Å². The summed E-state index contributed by atoms with van der Waals surface area (Å²) in [6.45, 7) is 3.64. The van der Waals surface area contributed by atoms with Gasteiger partial charge in [0.15, 0.2) is 0 Å². The Kier molecular flexibility index (Phi) is 3.64. The van der Waals surface area contributed by atoms with Crippen LogP contribution < -0.4 is 5.32 Å². The van der Waals surface area contributed by atoms with Crippen LogP contribution in [-0.4, -0.2) is 33.9 Å². The van der Waals surface area contributed by atoms with Gasteiger partial charge in [-0.2, -0.15) is 5.10 Å². The van der Waals surface area contributed by atoms with Crippen molar-refractivity contribution in [1.29, 1.82) is 0 Å². The van der Waals surface area contributed by atoms with Crippen LogP contribution in [-0.2, 0) is 0 Å². The van der Waals surface area contributed by atoms with Gasteiger partial charge >= 0.3 is 0 Å². The van der Waals surface area contributed by atoms with Gasteiger partial charge in [0.1, 0.15) is 0 Å². The molecule has 0 fully saturated rings. The van der Waals surface area contributed by atoms with Crippen molar-refractivity contribution in [3.63, 3.8) is 0 Å². The molecule has 1 heterocycles. The van der Waals surface area contributed by atoms with Crippen molar-refractivity contribution in [2.75, 3.05) is 6.61 Å². The maximum Gasteiger partial charge on any atom is 0.255 e. The van der Waals surface area contributed by atoms with Crippen LogP contribution in [0.4, 0.5) is 0 Å². The molecule has 1 amide bonds. The van der Waals surface area contributed by atoms with Gasteiger partial charge in [-0.3, -0.25) is 9.89 Å². The fraction of sp³-hybridized carbons (Fsp3) is 0.556. The Morgan fingerprint density at radius 2 is 2.50 bits per heavy atom. The lowest BCUT2D eigenvalue weighted by atomic mass is 10.2. The third-order valence-electron chi connectivity index (χ3n) is 2.12. The van der Waals surface area contributed by atoms with Crippen LogP contribution in [0.25, 0.3) is 0 Å². The molecular formula is C9H15N3O2. The van der Waals surface area contributed by atoms with Gasteiger partial charge in [-0.25, -0.2) is 0 Å². The lowest BCUT2D eigenvalue weighted by Crippen LogP contribution is -2.37. The summed E-state index contributed by atoms with van der Waals surface area (Å²) in [6.07, 6.45) is 2.19. The molecule has 5 nitrogen and oxygen atoms in total. The number of amides is 1. The van der Waals surface area contributed by atoms with Crippen LogP contribution in [0, 0.1) is 6.92 Å². The molecule has 14 heavy (non-hydrogen) atoms. The summed E-state index contributed by atoms with van der Waals surface area (Å²) in [5.74, 6) is -0.197. The molecule has 0 aliphatic rings. The maximum atomic E-state index is 11.6. The summed E-state index contributed by atoms with van der Waals surface area (Å²) in [5, 5.41) is 18.1. The highest BCUT2D eigenvalue weighted by atomic mass is 16.3. The first-order valence-electron chi connectivity index (χ1n) is 4.60. The maximum absolute atomic E-state index is 11.6. The molecule has 1 atom stereocenters. The van der Waals surface area contributed by atoms with E-state index in [1.165, 1.54) is 6.20 Å². The molecule has 0 saturated heterocycles. The van der Waals surface area contributed by atoms with E-state index in [1.807, 2.05) is 6.92 Å². The first kappa shape index (κ1) is 10.7. The lowest BCUT2D eigenvalue weighted by molar-refractivity contribution is 0.0914. The molecule has 0 unspecified atom stereocenters. The van der Waals surface area contributed by atoms with E-state index in [9.17, 15) is 4.79 Å². The monoisotopic (exact) mass is 197 g/mol. The largest absolute Gasteiger partial charge is 0.394 e. The quantitative estimate of drug-likeness (QED) is 0.646. The van der Waals surface area contributed by atoms with Gasteiger partial charge in [-0.05, 0) is 13.3 Å². The van der Waals surface area contributed by atoms with Gasteiger partial charge < -0.3 is 10.4 Å². The van der Waals surface area contributed by atoms with Crippen molar-refractivity contribution in [2.45, 2.75) is 26.3 Å². The van der Waals surface area contributed by atoms with Crippen LogP contribution >= 0.6 is 0 Å². The van der Waals surface area contributed by atoms with E-state index in [2.05, 4.69) is 15.5 Å². The number of nitrogens with zero attached hydrogens (tertiary/aromatic N) is 1. The molecular weight excluding hydrogens is 182 g/mol. The second-order valence-electron chi connectivity index (χ2n) is 3.17. The van der Waals surface area contributed by atoms with Crippen molar-refractivity contribution in [1.82, 2.24) is 15.5 Å². The Hall–Kier alpha value is -1.36. The number of aromatic nitrogens is 2. The van der Waals surface area contributed by atoms with E-state index in [0.717, 1.165) is 5.69 Å². The smallest absolute Gasteiger partial charge is 0.255 e. The number of H-pyrrole nitrogens is 1. The van der Waals surface area contributed by atoms with Crippen LogP contribution in [0.2, 0.25) is 0 Å². The molecule has 0 saturated carbocycles. The highest BCUT2D eigenvalue weighted by Crippen LogP contribution is 2.03. The Morgan fingerprint density at radius 3 is 2.93 bits per heavy atom. The molecule has 78 valence electrons. The van der Waals surface area contributed by atoms with Crippen molar-refractivity contribution < 1.29 is 9.90 Å². The van der Waals surface area contributed by atoms with Crippen LogP contribution in [0.15, 0.2) is 6.20 Å². The molecule has 0 aromatic carbocycles. The van der Waals surface area contributed by atoms with Crippen LogP contribution in [0.1, 0.15) is 29.4 Å². The second-order valence-corrected chi connectivity index (χ2v) is 3.17. The van der Waals surface area contributed by atoms with Gasteiger partial charge in [0.25, 0.3) is 5.91 Å². The zero-order valence-electron chi connectivity index (χ0n) is 8.37. The Morgan fingerprint density at radius 1 is 1.79 bits per heavy atom. The number of nitrogens with one attached hydrogen (secondary N) is 2. The fourth-order valence-corrected chi connectivity index (χ4v) is 1.12. The zero-order valence-corrected chi connectivity index (χ0v) is 8.37. The number of carbonyl (C=O) groups is 1. The number of rotatable bonds is 4. The number of aliphatic hydroxyl groups excluding tert-OH is 1. The standard InChI is InChI=1S/C9H15N3O2/c1-3-7(5-13)11-9(14)8-4-10-12-6(8)2/h4,7,13H,3,5H2,1-2H3,(H,10,12)(H,11,14)/t7-/m1/s1. The number of carbonyl (C=O) groups excluding carboxylic acids is 1. The summed E-state index contributed by atoms with van der Waals surface area (Å²) in [4.78, 5) is 11.6. The molecule has 1 aromatic heterocycles. The first-order chi connectivity index (χ1) is 6.69. The third-order valence-corrected chi connectivity index (χ3v) is 2.12. The minimum absolute atomic E-state index is 0.0425. The van der Waals surface area contributed by atoms with E-state index in [0.29, 0.717) is 12.0 Å². The number of aryl methyl sites for hydroxylation is 1. The Labute approximate surface area is 82.5 Å². The molecule has 0 aliphatic heterocycles. The van der Waals surface area contributed by atoms with E-state index < -0.39 is 0 Å². The molecule has 0 spiro atoms. The van der Waals surface area contributed by atoms with Crippen molar-refractivity contribution in [3.8, 4) is 0 Å². The molecule has 1 aromatic rings. The van der Waals surface area contributed by atoms with Crippen molar-refractivity contribution in [2.24, 2.45) is 0 Å². The predicted molar refractivity (Wildman–Crippen MR) is 52.0 cm³/mol. The minimum atomic E-state index is -0.197. The molecule has 1 rings (SSSR count). The van der Waals surface area contributed by atoms with Crippen molar-refractivity contribution in [3.05, 3.63) is 17.5 Å². The van der Waals surface area contributed by atoms with E-state index in [-0.39, 0.29) is 18.6 Å². The van der Waals surface area contributed by atoms with Gasteiger partial charge in [0.05, 0.1) is 24.4 Å². The number of aliphatic hydroxyl groups is 1. The van der Waals surface area contributed by atoms with Gasteiger partial charge in [-0.1, -0.05) is 6.92 Å². The highest BCUT2D eigenvalue weighted by Gasteiger charge is 2.14. The lowest BCUT2D eigenvalue weighted by Gasteiger charge is -2.13. The zero-order chi connectivity index (χ0) is 10.6. The van der Waals surface area contributed by atoms with Gasteiger partial charge in [-0.15, -0.1) is 0 Å². The van der Waals surface area contributed by atoms with Crippen LogP contribution in [0.5, 0.6) is 0 Å². The van der Waals surface area contributed by atoms with Gasteiger partial charge in [0, 0.05) is 5.69 Å². The first-order valence-corrected chi connectivity index (χ1v) is 4.60. The number of hydrogen-bond donors (Lipinski definition) is 3. The second kappa shape index (κ2) is 4.76. The highest BCUT2D eigenvalue weighted by molar-refractivity contribution is 5.95. The summed E-state index contributed by atoms with van der Waals surface area (Å²) in [6, 6.07) is -0.184. The predicted octanol–water partition coefficient (Wildman–Crippen LogP) is 0.219. The summed E-state index contributed by atoms with van der Waals surface area (Å²) < 4.78 is 0. The Bertz CT molecular complexity index is 305. The topological polar surface area (TPSA) is 78.0 Å². The number of hydrogen-bond acceptors (Lipinski definition) is 3. The van der Waals surface area contributed by atoms with Crippen molar-refractivity contribution >= 4 is 5.91 Å². The van der Waals surface area contributed by atoms with Crippen LogP contribution in [0.3, 0.4) is 0 Å². The SMILES string of the molecule is CC[C@H](CO)NC(=O)c1cn[nH]c1C. The molecule has 3 N–H and O–H groups in total. The average molecular weight is 197 g/mol. The molecule has 0 radical (unpaired) electrons. The molecule has 0 aliphatic carbocycles. The normalized spacial score (nSPS) is 12.5. The third kappa shape index (κ3) is 2.32. The number of aromatic amines is 1. The fourth-order valence-electron chi connectivity index (χ4n) is 1.12. The summed E-state index contributed by atoms with van der Waals surface area (Å²) in [7, 11) is 0. The van der Waals surface area contributed by atoms with E-state index in [1.54, 1.807) is 6.92 Å². The summed E-state index contributed by atoms with van der Waals surface area (Å²) >= 11 is 0. The molecule has 5 heteroatoms. The molecule has 0 bridgehead atoms.